The molecule has 0 aliphatic carbocycles. The van der Waals surface area contributed by atoms with Gasteiger partial charge < -0.3 is 10.1 Å². The van der Waals surface area contributed by atoms with E-state index in [-0.39, 0.29) is 11.5 Å². The fraction of sp³-hybridized carbons (Fsp3) is 0.933. The average molecular weight is 257 g/mol. The molecular weight excluding hydrogens is 226 g/mol. The first kappa shape index (κ1) is 17.4. The Kier molecular flexibility index (Phi) is 10.0. The molecule has 0 saturated heterocycles. The lowest BCUT2D eigenvalue weighted by molar-refractivity contribution is -0.143. The van der Waals surface area contributed by atoms with Crippen LogP contribution in [0.2, 0.25) is 0 Å². The Hall–Kier alpha value is -0.570. The number of nitrogens with one attached hydrogen (secondary N) is 1. The summed E-state index contributed by atoms with van der Waals surface area (Å²) >= 11 is 0. The van der Waals surface area contributed by atoms with Crippen molar-refractivity contribution in [2.45, 2.75) is 78.2 Å². The zero-order valence-electron chi connectivity index (χ0n) is 12.7. The van der Waals surface area contributed by atoms with E-state index in [0.717, 1.165) is 6.42 Å². The van der Waals surface area contributed by atoms with Gasteiger partial charge in [-0.15, -0.1) is 0 Å². The maximum Gasteiger partial charge on any atom is 0.307 e. The van der Waals surface area contributed by atoms with Gasteiger partial charge in [0.15, 0.2) is 0 Å². The van der Waals surface area contributed by atoms with Gasteiger partial charge >= 0.3 is 5.97 Å². The summed E-state index contributed by atoms with van der Waals surface area (Å²) in [4.78, 5) is 11.4. The lowest BCUT2D eigenvalue weighted by Gasteiger charge is -2.19. The van der Waals surface area contributed by atoms with Crippen molar-refractivity contribution >= 4 is 5.97 Å². The fourth-order valence-electron chi connectivity index (χ4n) is 1.68. The summed E-state index contributed by atoms with van der Waals surface area (Å²) in [5, 5.41) is 3.28. The van der Waals surface area contributed by atoms with Crippen LogP contribution in [-0.2, 0) is 9.53 Å². The molecule has 0 aromatic rings. The first-order valence-electron chi connectivity index (χ1n) is 7.36. The molecule has 0 fully saturated rings. The van der Waals surface area contributed by atoms with E-state index < -0.39 is 0 Å². The molecule has 0 aliphatic heterocycles. The van der Waals surface area contributed by atoms with Crippen LogP contribution in [0.4, 0.5) is 0 Å². The molecule has 1 N–H and O–H groups in total. The number of esters is 1. The van der Waals surface area contributed by atoms with Crippen molar-refractivity contribution in [2.24, 2.45) is 0 Å². The second-order valence-electron chi connectivity index (χ2n) is 5.92. The first-order chi connectivity index (χ1) is 8.45. The van der Waals surface area contributed by atoms with Gasteiger partial charge in [0, 0.05) is 12.1 Å². The standard InChI is InChI=1S/C15H31NO2/c1-5-6-7-8-9-10-13-18-14(17)11-12-16-15(2,3)4/h16H,5-13H2,1-4H3. The summed E-state index contributed by atoms with van der Waals surface area (Å²) in [7, 11) is 0. The van der Waals surface area contributed by atoms with Crippen LogP contribution in [0.15, 0.2) is 0 Å². The van der Waals surface area contributed by atoms with Gasteiger partial charge in [-0.25, -0.2) is 0 Å². The van der Waals surface area contributed by atoms with Crippen LogP contribution in [0.1, 0.15) is 72.6 Å². The van der Waals surface area contributed by atoms with Crippen molar-refractivity contribution < 1.29 is 9.53 Å². The van der Waals surface area contributed by atoms with Crippen LogP contribution in [0.25, 0.3) is 0 Å². The normalized spacial score (nSPS) is 11.6. The summed E-state index contributed by atoms with van der Waals surface area (Å²) in [6.07, 6.45) is 7.80. The minimum absolute atomic E-state index is 0.0690. The van der Waals surface area contributed by atoms with Crippen molar-refractivity contribution in [1.29, 1.82) is 0 Å². The lowest BCUT2D eigenvalue weighted by atomic mass is 10.1. The summed E-state index contributed by atoms with van der Waals surface area (Å²) in [5.74, 6) is -0.0830. The Morgan fingerprint density at radius 2 is 1.67 bits per heavy atom. The number of hydrogen-bond donors (Lipinski definition) is 1. The van der Waals surface area contributed by atoms with E-state index in [1.165, 1.54) is 32.1 Å². The van der Waals surface area contributed by atoms with Crippen LogP contribution >= 0.6 is 0 Å². The third kappa shape index (κ3) is 13.5. The summed E-state index contributed by atoms with van der Waals surface area (Å²) < 4.78 is 5.18. The van der Waals surface area contributed by atoms with E-state index in [1.54, 1.807) is 0 Å². The summed E-state index contributed by atoms with van der Waals surface area (Å²) in [5.41, 5.74) is 0.0690. The van der Waals surface area contributed by atoms with Crippen LogP contribution in [0.3, 0.4) is 0 Å². The molecule has 108 valence electrons. The van der Waals surface area contributed by atoms with Gasteiger partial charge in [0.25, 0.3) is 0 Å². The fourth-order valence-corrected chi connectivity index (χ4v) is 1.68. The van der Waals surface area contributed by atoms with Gasteiger partial charge in [0.05, 0.1) is 13.0 Å². The topological polar surface area (TPSA) is 38.3 Å². The molecule has 0 bridgehead atoms. The molecular formula is C15H31NO2. The van der Waals surface area contributed by atoms with E-state index in [1.807, 2.05) is 0 Å². The van der Waals surface area contributed by atoms with Gasteiger partial charge in [0.2, 0.25) is 0 Å². The molecule has 18 heavy (non-hydrogen) atoms. The average Bonchev–Trinajstić information content (AvgIpc) is 2.26. The van der Waals surface area contributed by atoms with Gasteiger partial charge in [0.1, 0.15) is 0 Å². The minimum Gasteiger partial charge on any atom is -0.466 e. The van der Waals surface area contributed by atoms with E-state index in [0.29, 0.717) is 19.6 Å². The Morgan fingerprint density at radius 3 is 2.28 bits per heavy atom. The highest BCUT2D eigenvalue weighted by atomic mass is 16.5. The SMILES string of the molecule is CCCCCCCCOC(=O)CCNC(C)(C)C. The lowest BCUT2D eigenvalue weighted by Crippen LogP contribution is -2.37. The second kappa shape index (κ2) is 10.4. The molecule has 0 aromatic heterocycles. The van der Waals surface area contributed by atoms with E-state index >= 15 is 0 Å². The second-order valence-corrected chi connectivity index (χ2v) is 5.92. The quantitative estimate of drug-likeness (QED) is 0.479. The van der Waals surface area contributed by atoms with Crippen LogP contribution < -0.4 is 5.32 Å². The Balaban J connectivity index is 3.27. The third-order valence-corrected chi connectivity index (χ3v) is 2.75. The van der Waals surface area contributed by atoms with Gasteiger partial charge in [-0.1, -0.05) is 39.0 Å². The largest absolute Gasteiger partial charge is 0.466 e. The van der Waals surface area contributed by atoms with Gasteiger partial charge in [-0.3, -0.25) is 4.79 Å². The molecule has 0 amide bonds. The Labute approximate surface area is 113 Å². The number of carbonyl (C=O) groups is 1. The van der Waals surface area contributed by atoms with E-state index in [4.69, 9.17) is 4.74 Å². The molecule has 0 spiro atoms. The number of ether oxygens (including phenoxy) is 1. The molecule has 0 atom stereocenters. The number of hydrogen-bond acceptors (Lipinski definition) is 3. The first-order valence-corrected chi connectivity index (χ1v) is 7.36. The van der Waals surface area contributed by atoms with Gasteiger partial charge in [-0.05, 0) is 27.2 Å². The predicted molar refractivity (Wildman–Crippen MR) is 76.7 cm³/mol. The monoisotopic (exact) mass is 257 g/mol. The van der Waals surface area contributed by atoms with Crippen LogP contribution in [0, 0.1) is 0 Å². The summed E-state index contributed by atoms with van der Waals surface area (Å²) in [6, 6.07) is 0. The highest BCUT2D eigenvalue weighted by Gasteiger charge is 2.09. The predicted octanol–water partition coefficient (Wildman–Crippen LogP) is 3.67. The molecule has 3 nitrogen and oxygen atoms in total. The zero-order valence-corrected chi connectivity index (χ0v) is 12.7. The highest BCUT2D eigenvalue weighted by Crippen LogP contribution is 2.05. The maximum atomic E-state index is 11.4. The summed E-state index contributed by atoms with van der Waals surface area (Å²) in [6.45, 7) is 9.77. The number of carbonyl (C=O) groups excluding carboxylic acids is 1. The van der Waals surface area contributed by atoms with Crippen LogP contribution in [0.5, 0.6) is 0 Å². The Bertz CT molecular complexity index is 209. The maximum absolute atomic E-state index is 11.4. The molecule has 3 heteroatoms. The van der Waals surface area contributed by atoms with Crippen molar-refractivity contribution in [3.8, 4) is 0 Å². The van der Waals surface area contributed by atoms with Crippen molar-refractivity contribution in [1.82, 2.24) is 5.32 Å². The third-order valence-electron chi connectivity index (χ3n) is 2.75. The number of unbranched alkanes of at least 4 members (excludes halogenated alkanes) is 5. The van der Waals surface area contributed by atoms with Crippen LogP contribution in [-0.4, -0.2) is 24.7 Å². The molecule has 0 unspecified atom stereocenters. The molecule has 0 heterocycles. The van der Waals surface area contributed by atoms with Gasteiger partial charge in [-0.2, -0.15) is 0 Å². The highest BCUT2D eigenvalue weighted by molar-refractivity contribution is 5.69. The Morgan fingerprint density at radius 1 is 1.06 bits per heavy atom. The van der Waals surface area contributed by atoms with E-state index in [2.05, 4.69) is 33.0 Å². The molecule has 0 radical (unpaired) electrons. The minimum atomic E-state index is -0.0830. The molecule has 0 rings (SSSR count). The van der Waals surface area contributed by atoms with E-state index in [9.17, 15) is 4.79 Å². The molecule has 0 saturated carbocycles. The van der Waals surface area contributed by atoms with Crippen molar-refractivity contribution in [3.05, 3.63) is 0 Å². The van der Waals surface area contributed by atoms with Crippen molar-refractivity contribution in [3.63, 3.8) is 0 Å². The van der Waals surface area contributed by atoms with Crippen molar-refractivity contribution in [2.75, 3.05) is 13.2 Å². The smallest absolute Gasteiger partial charge is 0.307 e. The molecule has 0 aromatic carbocycles. The number of rotatable bonds is 10. The zero-order chi connectivity index (χ0) is 13.9. The molecule has 0 aliphatic rings.